The van der Waals surface area contributed by atoms with Crippen LogP contribution in [0.1, 0.15) is 5.82 Å². The highest BCUT2D eigenvalue weighted by atomic mass is 32.2. The summed E-state index contributed by atoms with van der Waals surface area (Å²) in [5, 5.41) is 8.05. The summed E-state index contributed by atoms with van der Waals surface area (Å²) in [4.78, 5) is 11.4. The van der Waals surface area contributed by atoms with Crippen LogP contribution in [0.3, 0.4) is 0 Å². The molecule has 182 valence electrons. The average molecular weight is 503 g/mol. The van der Waals surface area contributed by atoms with Gasteiger partial charge in [-0.1, -0.05) is 6.07 Å². The zero-order valence-corrected chi connectivity index (χ0v) is 19.3. The number of hydrogen-bond acceptors (Lipinski definition) is 9. The van der Waals surface area contributed by atoms with Crippen molar-refractivity contribution in [2.24, 2.45) is 0 Å². The maximum absolute atomic E-state index is 13.9. The molecule has 14 heteroatoms. The third-order valence-corrected chi connectivity index (χ3v) is 6.00. The first-order valence-corrected chi connectivity index (χ1v) is 11.7. The molecule has 11 nitrogen and oxygen atoms in total. The molecule has 0 aliphatic carbocycles. The predicted octanol–water partition coefficient (Wildman–Crippen LogP) is 2.40. The quantitative estimate of drug-likeness (QED) is 0.365. The Morgan fingerprint density at radius 1 is 0.971 bits per heavy atom. The number of halogens is 2. The number of aromatic nitrogens is 6. The number of methoxy groups -OCH3 is 2. The van der Waals surface area contributed by atoms with E-state index in [1.54, 1.807) is 18.2 Å². The molecular formula is C21H19F2N7O4S. The first kappa shape index (κ1) is 23.9. The van der Waals surface area contributed by atoms with Crippen molar-refractivity contribution in [1.82, 2.24) is 29.7 Å². The molecule has 0 aliphatic heterocycles. The lowest BCUT2D eigenvalue weighted by atomic mass is 10.2. The van der Waals surface area contributed by atoms with Gasteiger partial charge in [-0.15, -0.1) is 10.2 Å². The highest BCUT2D eigenvalue weighted by Gasteiger charge is 2.25. The van der Waals surface area contributed by atoms with E-state index < -0.39 is 27.4 Å². The normalized spacial score (nSPS) is 11.3. The van der Waals surface area contributed by atoms with Crippen molar-refractivity contribution in [2.75, 3.05) is 24.7 Å². The van der Waals surface area contributed by atoms with E-state index in [2.05, 4.69) is 29.9 Å². The van der Waals surface area contributed by atoms with Crippen molar-refractivity contribution >= 4 is 16.0 Å². The number of anilines is 1. The van der Waals surface area contributed by atoms with Crippen LogP contribution in [0.4, 0.5) is 14.7 Å². The fourth-order valence-corrected chi connectivity index (χ4v) is 4.18. The molecule has 1 aromatic carbocycles. The molecule has 4 aromatic rings. The summed E-state index contributed by atoms with van der Waals surface area (Å²) < 4.78 is 67.3. The average Bonchev–Trinajstić information content (AvgIpc) is 3.25. The number of pyridine rings is 1. The Balaban J connectivity index is 1.78. The molecule has 0 bridgehead atoms. The van der Waals surface area contributed by atoms with Gasteiger partial charge in [-0.2, -0.15) is 0 Å². The summed E-state index contributed by atoms with van der Waals surface area (Å²) in [5.41, 5.74) is 0.511. The van der Waals surface area contributed by atoms with Crippen LogP contribution >= 0.6 is 0 Å². The molecule has 3 heterocycles. The Morgan fingerprint density at radius 3 is 2.29 bits per heavy atom. The summed E-state index contributed by atoms with van der Waals surface area (Å²) in [6, 6.07) is 6.13. The van der Waals surface area contributed by atoms with E-state index >= 15 is 0 Å². The monoisotopic (exact) mass is 503 g/mol. The van der Waals surface area contributed by atoms with E-state index in [0.717, 1.165) is 18.6 Å². The second kappa shape index (κ2) is 9.97. The molecule has 0 amide bonds. The molecule has 35 heavy (non-hydrogen) atoms. The summed E-state index contributed by atoms with van der Waals surface area (Å²) in [7, 11) is -1.15. The maximum atomic E-state index is 13.9. The maximum Gasteiger partial charge on any atom is 0.243 e. The molecule has 1 N–H and O–H groups in total. The first-order chi connectivity index (χ1) is 16.8. The number of aryl methyl sites for hydroxylation is 1. The SMILES string of the molecule is COc1cccc(OC)c1-n1c(NS(=O)(=O)CCc2ncc(F)cn2)nnc1-c1cncc(F)c1. The van der Waals surface area contributed by atoms with Crippen LogP contribution in [0.2, 0.25) is 0 Å². The Kier molecular flexibility index (Phi) is 6.82. The molecule has 0 radical (unpaired) electrons. The highest BCUT2D eigenvalue weighted by molar-refractivity contribution is 7.92. The van der Waals surface area contributed by atoms with Gasteiger partial charge in [-0.3, -0.25) is 14.3 Å². The van der Waals surface area contributed by atoms with Crippen LogP contribution in [0, 0.1) is 11.6 Å². The van der Waals surface area contributed by atoms with Crippen LogP contribution < -0.4 is 14.2 Å². The van der Waals surface area contributed by atoms with E-state index in [0.29, 0.717) is 11.5 Å². The molecular weight excluding hydrogens is 484 g/mol. The molecule has 0 aliphatic rings. The molecule has 0 fully saturated rings. The minimum absolute atomic E-state index is 0.0809. The second-order valence-corrected chi connectivity index (χ2v) is 8.92. The zero-order chi connectivity index (χ0) is 25.0. The van der Waals surface area contributed by atoms with Crippen molar-refractivity contribution in [2.45, 2.75) is 6.42 Å². The minimum Gasteiger partial charge on any atom is -0.494 e. The zero-order valence-electron chi connectivity index (χ0n) is 18.5. The largest absolute Gasteiger partial charge is 0.494 e. The number of sulfonamides is 1. The van der Waals surface area contributed by atoms with E-state index in [4.69, 9.17) is 9.47 Å². The van der Waals surface area contributed by atoms with Crippen molar-refractivity contribution in [3.63, 3.8) is 0 Å². The van der Waals surface area contributed by atoms with Gasteiger partial charge in [0.05, 0.1) is 38.6 Å². The van der Waals surface area contributed by atoms with Crippen molar-refractivity contribution < 1.29 is 26.7 Å². The molecule has 3 aromatic heterocycles. The molecule has 0 saturated carbocycles. The summed E-state index contributed by atoms with van der Waals surface area (Å²) in [5.74, 6) is -1.02. The van der Waals surface area contributed by atoms with Gasteiger partial charge in [0.25, 0.3) is 0 Å². The van der Waals surface area contributed by atoms with Crippen LogP contribution in [0.5, 0.6) is 11.5 Å². The Morgan fingerprint density at radius 2 is 1.66 bits per heavy atom. The Hall–Kier alpha value is -4.20. The number of rotatable bonds is 9. The number of nitrogens with zero attached hydrogens (tertiary/aromatic N) is 6. The van der Waals surface area contributed by atoms with Crippen molar-refractivity contribution in [3.05, 3.63) is 66.5 Å². The smallest absolute Gasteiger partial charge is 0.243 e. The van der Waals surface area contributed by atoms with Gasteiger partial charge in [0.2, 0.25) is 16.0 Å². The van der Waals surface area contributed by atoms with Crippen molar-refractivity contribution in [1.29, 1.82) is 0 Å². The number of para-hydroxylation sites is 1. The van der Waals surface area contributed by atoms with Crippen LogP contribution in [-0.2, 0) is 16.4 Å². The third-order valence-electron chi connectivity index (χ3n) is 4.77. The Labute approximate surface area is 198 Å². The van der Waals surface area contributed by atoms with E-state index in [1.807, 2.05) is 0 Å². The molecule has 4 rings (SSSR count). The van der Waals surface area contributed by atoms with Gasteiger partial charge in [0.15, 0.2) is 11.6 Å². The topological polar surface area (TPSA) is 134 Å². The number of ether oxygens (including phenoxy) is 2. The van der Waals surface area contributed by atoms with Gasteiger partial charge in [-0.05, 0) is 18.2 Å². The van der Waals surface area contributed by atoms with Gasteiger partial charge < -0.3 is 9.47 Å². The van der Waals surface area contributed by atoms with Crippen LogP contribution in [0.15, 0.2) is 49.1 Å². The lowest BCUT2D eigenvalue weighted by molar-refractivity contribution is 0.391. The fraction of sp³-hybridized carbons (Fsp3) is 0.190. The summed E-state index contributed by atoms with van der Waals surface area (Å²) in [6.07, 6.45) is 4.20. The number of benzene rings is 1. The number of hydrogen-bond donors (Lipinski definition) is 1. The standard InChI is InChI=1S/C21H19F2N7O4S/c1-33-16-4-3-5-17(34-2)19(16)30-20(13-8-14(22)10-24-9-13)27-28-21(30)29-35(31,32)7-6-18-25-11-15(23)12-26-18/h3-5,8-12H,6-7H2,1-2H3,(H,28,29). The summed E-state index contributed by atoms with van der Waals surface area (Å²) >= 11 is 0. The number of nitrogens with one attached hydrogen (secondary N) is 1. The molecule has 0 saturated heterocycles. The predicted molar refractivity (Wildman–Crippen MR) is 121 cm³/mol. The lowest BCUT2D eigenvalue weighted by Crippen LogP contribution is -2.21. The van der Waals surface area contributed by atoms with Gasteiger partial charge in [0.1, 0.15) is 28.8 Å². The van der Waals surface area contributed by atoms with Gasteiger partial charge >= 0.3 is 0 Å². The fourth-order valence-electron chi connectivity index (χ4n) is 3.22. The van der Waals surface area contributed by atoms with Crippen molar-refractivity contribution in [3.8, 4) is 28.6 Å². The molecule has 0 atom stereocenters. The van der Waals surface area contributed by atoms with Crippen LogP contribution in [0.25, 0.3) is 17.1 Å². The molecule has 0 spiro atoms. The summed E-state index contributed by atoms with van der Waals surface area (Å²) in [6.45, 7) is 0. The highest BCUT2D eigenvalue weighted by Crippen LogP contribution is 2.37. The lowest BCUT2D eigenvalue weighted by Gasteiger charge is -2.17. The first-order valence-electron chi connectivity index (χ1n) is 10.1. The van der Waals surface area contributed by atoms with Gasteiger partial charge in [-0.25, -0.2) is 27.2 Å². The second-order valence-electron chi connectivity index (χ2n) is 7.07. The Bertz CT molecular complexity index is 1420. The minimum atomic E-state index is -4.01. The van der Waals surface area contributed by atoms with E-state index in [-0.39, 0.29) is 35.3 Å². The van der Waals surface area contributed by atoms with Gasteiger partial charge in [0, 0.05) is 18.2 Å². The van der Waals surface area contributed by atoms with E-state index in [9.17, 15) is 17.2 Å². The van der Waals surface area contributed by atoms with Crippen LogP contribution in [-0.4, -0.2) is 58.1 Å². The molecule has 0 unspecified atom stereocenters. The van der Waals surface area contributed by atoms with E-state index in [1.165, 1.54) is 31.0 Å². The third kappa shape index (κ3) is 5.32.